The summed E-state index contributed by atoms with van der Waals surface area (Å²) in [4.78, 5) is 14.5. The van der Waals surface area contributed by atoms with Crippen molar-refractivity contribution >= 4 is 17.3 Å². The molecule has 3 heteroatoms. The maximum atomic E-state index is 12.7. The van der Waals surface area contributed by atoms with Gasteiger partial charge in [0.15, 0.2) is 0 Å². The monoisotopic (exact) mass is 290 g/mol. The van der Waals surface area contributed by atoms with Crippen molar-refractivity contribution in [1.82, 2.24) is 0 Å². The van der Waals surface area contributed by atoms with Gasteiger partial charge in [-0.25, -0.2) is 0 Å². The zero-order valence-electron chi connectivity index (χ0n) is 14.1. The molecule has 0 bridgehead atoms. The number of benzene rings is 1. The molecule has 1 rings (SSSR count). The lowest BCUT2D eigenvalue weighted by Gasteiger charge is -2.27. The van der Waals surface area contributed by atoms with E-state index in [9.17, 15) is 4.79 Å². The van der Waals surface area contributed by atoms with Crippen LogP contribution >= 0.6 is 0 Å². The summed E-state index contributed by atoms with van der Waals surface area (Å²) >= 11 is 0. The molecule has 0 aliphatic heterocycles. The fourth-order valence-electron chi connectivity index (χ4n) is 2.86. The van der Waals surface area contributed by atoms with Crippen LogP contribution in [-0.4, -0.2) is 12.5 Å². The zero-order valence-corrected chi connectivity index (χ0v) is 14.1. The molecule has 0 radical (unpaired) electrons. The fraction of sp³-hybridized carbons (Fsp3) is 0.611. The lowest BCUT2D eigenvalue weighted by molar-refractivity contribution is -0.119. The van der Waals surface area contributed by atoms with Crippen molar-refractivity contribution in [2.24, 2.45) is 11.3 Å². The van der Waals surface area contributed by atoms with Gasteiger partial charge < -0.3 is 10.6 Å². The van der Waals surface area contributed by atoms with Gasteiger partial charge in [-0.3, -0.25) is 4.79 Å². The van der Waals surface area contributed by atoms with Crippen LogP contribution in [0.4, 0.5) is 11.4 Å². The van der Waals surface area contributed by atoms with Gasteiger partial charge in [-0.15, -0.1) is 0 Å². The minimum atomic E-state index is 0.173. The highest BCUT2D eigenvalue weighted by Gasteiger charge is 2.22. The van der Waals surface area contributed by atoms with E-state index in [-0.39, 0.29) is 11.3 Å². The third-order valence-electron chi connectivity index (χ3n) is 3.46. The first-order valence-corrected chi connectivity index (χ1v) is 7.89. The van der Waals surface area contributed by atoms with E-state index in [1.54, 1.807) is 0 Å². The van der Waals surface area contributed by atoms with Gasteiger partial charge in [0.05, 0.1) is 11.4 Å². The Labute approximate surface area is 129 Å². The van der Waals surface area contributed by atoms with Crippen molar-refractivity contribution in [3.8, 4) is 0 Å². The van der Waals surface area contributed by atoms with Gasteiger partial charge >= 0.3 is 0 Å². The van der Waals surface area contributed by atoms with E-state index < -0.39 is 0 Å². The predicted octanol–water partition coefficient (Wildman–Crippen LogP) is 4.47. The second-order valence-corrected chi connectivity index (χ2v) is 7.18. The fourth-order valence-corrected chi connectivity index (χ4v) is 2.86. The summed E-state index contributed by atoms with van der Waals surface area (Å²) in [6, 6.07) is 7.61. The molecule has 1 amide bonds. The molecule has 1 unspecified atom stereocenters. The predicted molar refractivity (Wildman–Crippen MR) is 91.4 cm³/mol. The van der Waals surface area contributed by atoms with Crippen LogP contribution in [-0.2, 0) is 4.79 Å². The quantitative estimate of drug-likeness (QED) is 0.785. The molecule has 0 saturated carbocycles. The highest BCUT2D eigenvalue weighted by atomic mass is 16.2. The number of anilines is 2. The molecule has 0 aliphatic rings. The first kappa shape index (κ1) is 17.5. The zero-order chi connectivity index (χ0) is 16.0. The second kappa shape index (κ2) is 7.48. The number of carbonyl (C=O) groups is 1. The van der Waals surface area contributed by atoms with Crippen molar-refractivity contribution in [2.75, 3.05) is 17.2 Å². The summed E-state index contributed by atoms with van der Waals surface area (Å²) in [5, 5.41) is 0. The standard InChI is InChI=1S/C18H30N2O/c1-6-11-20(16-10-8-7-9-15(16)19)17(21)12-14(2)13-18(3,4)5/h7-10,14H,6,11-13,19H2,1-5H3. The third-order valence-corrected chi connectivity index (χ3v) is 3.46. The highest BCUT2D eigenvalue weighted by Crippen LogP contribution is 2.28. The Morgan fingerprint density at radius 3 is 2.43 bits per heavy atom. The first-order valence-electron chi connectivity index (χ1n) is 7.89. The maximum Gasteiger partial charge on any atom is 0.227 e. The number of para-hydroxylation sites is 2. The molecular formula is C18H30N2O. The molecule has 0 spiro atoms. The molecule has 1 atom stereocenters. The number of nitrogens with two attached hydrogens (primary N) is 1. The average molecular weight is 290 g/mol. The average Bonchev–Trinajstić information content (AvgIpc) is 2.34. The smallest absolute Gasteiger partial charge is 0.227 e. The Morgan fingerprint density at radius 2 is 1.90 bits per heavy atom. The largest absolute Gasteiger partial charge is 0.397 e. The molecule has 1 aromatic rings. The Balaban J connectivity index is 2.82. The lowest BCUT2D eigenvalue weighted by atomic mass is 9.84. The summed E-state index contributed by atoms with van der Waals surface area (Å²) in [7, 11) is 0. The van der Waals surface area contributed by atoms with Gasteiger partial charge in [0.1, 0.15) is 0 Å². The minimum absolute atomic E-state index is 0.173. The van der Waals surface area contributed by atoms with Crippen LogP contribution in [0.2, 0.25) is 0 Å². The number of amides is 1. The molecule has 0 aliphatic carbocycles. The van der Waals surface area contributed by atoms with Crippen LogP contribution in [0.1, 0.15) is 53.9 Å². The Morgan fingerprint density at radius 1 is 1.29 bits per heavy atom. The first-order chi connectivity index (χ1) is 9.74. The number of nitrogens with zero attached hydrogens (tertiary/aromatic N) is 1. The van der Waals surface area contributed by atoms with Crippen LogP contribution < -0.4 is 10.6 Å². The van der Waals surface area contributed by atoms with E-state index in [4.69, 9.17) is 5.73 Å². The van der Waals surface area contributed by atoms with Crippen molar-refractivity contribution in [3.63, 3.8) is 0 Å². The van der Waals surface area contributed by atoms with Crippen LogP contribution in [0.25, 0.3) is 0 Å². The van der Waals surface area contributed by atoms with Crippen molar-refractivity contribution < 1.29 is 4.79 Å². The van der Waals surface area contributed by atoms with E-state index >= 15 is 0 Å². The topological polar surface area (TPSA) is 46.3 Å². The van der Waals surface area contributed by atoms with E-state index in [1.807, 2.05) is 29.2 Å². The summed E-state index contributed by atoms with van der Waals surface area (Å²) < 4.78 is 0. The number of hydrogen-bond donors (Lipinski definition) is 1. The van der Waals surface area contributed by atoms with E-state index in [1.165, 1.54) is 0 Å². The summed E-state index contributed by atoms with van der Waals surface area (Å²) in [6.07, 6.45) is 2.54. The van der Waals surface area contributed by atoms with E-state index in [0.717, 1.165) is 25.1 Å². The summed E-state index contributed by atoms with van der Waals surface area (Å²) in [5.74, 6) is 0.549. The van der Waals surface area contributed by atoms with Gasteiger partial charge in [-0.1, -0.05) is 46.8 Å². The normalized spacial score (nSPS) is 13.0. The van der Waals surface area contributed by atoms with Crippen LogP contribution in [0, 0.1) is 11.3 Å². The van der Waals surface area contributed by atoms with Gasteiger partial charge in [0, 0.05) is 13.0 Å². The van der Waals surface area contributed by atoms with Crippen LogP contribution in [0.15, 0.2) is 24.3 Å². The molecule has 21 heavy (non-hydrogen) atoms. The lowest BCUT2D eigenvalue weighted by Crippen LogP contribution is -2.33. The molecule has 0 fully saturated rings. The van der Waals surface area contributed by atoms with Crippen LogP contribution in [0.3, 0.4) is 0 Å². The van der Waals surface area contributed by atoms with Crippen LogP contribution in [0.5, 0.6) is 0 Å². The summed E-state index contributed by atoms with van der Waals surface area (Å²) in [6.45, 7) is 11.6. The second-order valence-electron chi connectivity index (χ2n) is 7.18. The van der Waals surface area contributed by atoms with Gasteiger partial charge in [0.25, 0.3) is 0 Å². The Kier molecular flexibility index (Phi) is 6.25. The third kappa shape index (κ3) is 5.78. The molecule has 0 saturated heterocycles. The molecule has 2 N–H and O–H groups in total. The van der Waals surface area contributed by atoms with Gasteiger partial charge in [-0.05, 0) is 36.3 Å². The van der Waals surface area contributed by atoms with Crippen molar-refractivity contribution in [1.29, 1.82) is 0 Å². The molecule has 3 nitrogen and oxygen atoms in total. The Bertz CT molecular complexity index is 463. The Hall–Kier alpha value is -1.51. The maximum absolute atomic E-state index is 12.7. The van der Waals surface area contributed by atoms with Gasteiger partial charge in [0.2, 0.25) is 5.91 Å². The number of nitrogen functional groups attached to an aromatic ring is 1. The minimum Gasteiger partial charge on any atom is -0.397 e. The van der Waals surface area contributed by atoms with Gasteiger partial charge in [-0.2, -0.15) is 0 Å². The summed E-state index contributed by atoms with van der Waals surface area (Å²) in [5.41, 5.74) is 7.79. The van der Waals surface area contributed by atoms with E-state index in [0.29, 0.717) is 18.0 Å². The molecule has 0 aromatic heterocycles. The molecular weight excluding hydrogens is 260 g/mol. The van der Waals surface area contributed by atoms with E-state index in [2.05, 4.69) is 34.6 Å². The SMILES string of the molecule is CCCN(C(=O)CC(C)CC(C)(C)C)c1ccccc1N. The molecule has 1 aromatic carbocycles. The molecule has 118 valence electrons. The number of rotatable bonds is 6. The highest BCUT2D eigenvalue weighted by molar-refractivity contribution is 5.96. The molecule has 0 heterocycles. The van der Waals surface area contributed by atoms with Crippen molar-refractivity contribution in [3.05, 3.63) is 24.3 Å². The van der Waals surface area contributed by atoms with Crippen molar-refractivity contribution in [2.45, 2.75) is 53.9 Å². The number of carbonyl (C=O) groups excluding carboxylic acids is 1. The number of hydrogen-bond acceptors (Lipinski definition) is 2.